The zero-order valence-electron chi connectivity index (χ0n) is 9.60. The molecule has 0 radical (unpaired) electrons. The summed E-state index contributed by atoms with van der Waals surface area (Å²) < 4.78 is 5.77. The molecule has 0 N–H and O–H groups in total. The average Bonchev–Trinajstić information content (AvgIpc) is 2.82. The number of alkyl halides is 1. The minimum Gasteiger partial charge on any atom is -0.423 e. The summed E-state index contributed by atoms with van der Waals surface area (Å²) in [5.74, 6) is 1.27. The Labute approximate surface area is 105 Å². The highest BCUT2D eigenvalue weighted by Gasteiger charge is 2.22. The molecule has 17 heavy (non-hydrogen) atoms. The van der Waals surface area contributed by atoms with Gasteiger partial charge in [0.05, 0.1) is 0 Å². The molecule has 0 spiro atoms. The molecule has 1 unspecified atom stereocenters. The first-order chi connectivity index (χ1) is 8.36. The lowest BCUT2D eigenvalue weighted by Crippen LogP contribution is -2.36. The van der Waals surface area contributed by atoms with Gasteiger partial charge < -0.3 is 9.32 Å². The van der Waals surface area contributed by atoms with Crippen molar-refractivity contribution in [1.82, 2.24) is 4.98 Å². The second-order valence-electron chi connectivity index (χ2n) is 4.57. The van der Waals surface area contributed by atoms with Gasteiger partial charge in [0.25, 0.3) is 6.01 Å². The summed E-state index contributed by atoms with van der Waals surface area (Å²) in [7, 11) is 0. The maximum absolute atomic E-state index is 5.93. The van der Waals surface area contributed by atoms with E-state index in [0.717, 1.165) is 42.5 Å². The van der Waals surface area contributed by atoms with Crippen LogP contribution in [0.4, 0.5) is 6.01 Å². The first-order valence-electron chi connectivity index (χ1n) is 6.03. The van der Waals surface area contributed by atoms with Gasteiger partial charge in [0.15, 0.2) is 5.58 Å². The lowest BCUT2D eigenvalue weighted by atomic mass is 10.0. The molecule has 1 aromatic carbocycles. The van der Waals surface area contributed by atoms with E-state index in [9.17, 15) is 0 Å². The van der Waals surface area contributed by atoms with E-state index in [-0.39, 0.29) is 0 Å². The Morgan fingerprint density at radius 2 is 2.29 bits per heavy atom. The first kappa shape index (κ1) is 10.9. The molecule has 1 saturated heterocycles. The molecule has 0 amide bonds. The SMILES string of the molecule is ClCC1CCCN(c2nc3ccccc3o2)C1. The number of nitrogens with zero attached hydrogens (tertiary/aromatic N) is 2. The predicted octanol–water partition coefficient (Wildman–Crippen LogP) is 3.28. The lowest BCUT2D eigenvalue weighted by molar-refractivity contribution is 0.425. The molecule has 1 aromatic heterocycles. The number of piperidine rings is 1. The van der Waals surface area contributed by atoms with Crippen LogP contribution in [0.25, 0.3) is 11.1 Å². The third-order valence-corrected chi connectivity index (χ3v) is 3.73. The number of oxazole rings is 1. The topological polar surface area (TPSA) is 29.3 Å². The van der Waals surface area contributed by atoms with Crippen molar-refractivity contribution in [3.8, 4) is 0 Å². The van der Waals surface area contributed by atoms with Crippen molar-refractivity contribution in [3.63, 3.8) is 0 Å². The van der Waals surface area contributed by atoms with E-state index in [4.69, 9.17) is 16.0 Å². The Morgan fingerprint density at radius 3 is 3.12 bits per heavy atom. The fraction of sp³-hybridized carbons (Fsp3) is 0.462. The van der Waals surface area contributed by atoms with E-state index in [1.54, 1.807) is 0 Å². The van der Waals surface area contributed by atoms with Crippen molar-refractivity contribution in [2.75, 3.05) is 23.9 Å². The molecule has 0 bridgehead atoms. The van der Waals surface area contributed by atoms with Crippen molar-refractivity contribution in [2.45, 2.75) is 12.8 Å². The Kier molecular flexibility index (Phi) is 2.93. The van der Waals surface area contributed by atoms with Crippen molar-refractivity contribution in [3.05, 3.63) is 24.3 Å². The number of halogens is 1. The molecule has 3 nitrogen and oxygen atoms in total. The molecular formula is C13H15ClN2O. The molecule has 3 rings (SSSR count). The zero-order chi connectivity index (χ0) is 11.7. The summed E-state index contributed by atoms with van der Waals surface area (Å²) in [6.07, 6.45) is 2.37. The molecule has 2 aromatic rings. The number of hydrogen-bond acceptors (Lipinski definition) is 3. The Balaban J connectivity index is 1.87. The highest BCUT2D eigenvalue weighted by atomic mass is 35.5. The van der Waals surface area contributed by atoms with Crippen LogP contribution in [-0.2, 0) is 0 Å². The van der Waals surface area contributed by atoms with Crippen LogP contribution in [0.2, 0.25) is 0 Å². The Bertz CT molecular complexity index is 478. The molecule has 1 aliphatic rings. The fourth-order valence-corrected chi connectivity index (χ4v) is 2.61. The standard InChI is InChI=1S/C13H15ClN2O/c14-8-10-4-3-7-16(9-10)13-15-11-5-1-2-6-12(11)17-13/h1-2,5-6,10H,3-4,7-9H2. The molecule has 0 aliphatic carbocycles. The van der Waals surface area contributed by atoms with E-state index in [1.807, 2.05) is 24.3 Å². The van der Waals surface area contributed by atoms with Crippen LogP contribution in [0.5, 0.6) is 0 Å². The van der Waals surface area contributed by atoms with Gasteiger partial charge in [0.1, 0.15) is 5.52 Å². The van der Waals surface area contributed by atoms with Gasteiger partial charge in [-0.15, -0.1) is 11.6 Å². The molecule has 90 valence electrons. The second-order valence-corrected chi connectivity index (χ2v) is 4.88. The molecule has 0 saturated carbocycles. The number of para-hydroxylation sites is 2. The number of rotatable bonds is 2. The van der Waals surface area contributed by atoms with Gasteiger partial charge in [0.2, 0.25) is 0 Å². The lowest BCUT2D eigenvalue weighted by Gasteiger charge is -2.30. The predicted molar refractivity (Wildman–Crippen MR) is 69.7 cm³/mol. The molecule has 1 fully saturated rings. The summed E-state index contributed by atoms with van der Waals surface area (Å²) in [6.45, 7) is 1.97. The van der Waals surface area contributed by atoms with E-state index in [0.29, 0.717) is 5.92 Å². The van der Waals surface area contributed by atoms with Crippen LogP contribution < -0.4 is 4.90 Å². The Hall–Kier alpha value is -1.22. The number of hydrogen-bond donors (Lipinski definition) is 0. The van der Waals surface area contributed by atoms with Gasteiger partial charge in [-0.2, -0.15) is 4.98 Å². The van der Waals surface area contributed by atoms with E-state index < -0.39 is 0 Å². The molecule has 1 aliphatic heterocycles. The van der Waals surface area contributed by atoms with Gasteiger partial charge in [-0.1, -0.05) is 12.1 Å². The molecule has 4 heteroatoms. The van der Waals surface area contributed by atoms with Crippen molar-refractivity contribution < 1.29 is 4.42 Å². The maximum atomic E-state index is 5.93. The zero-order valence-corrected chi connectivity index (χ0v) is 10.4. The summed E-state index contributed by atoms with van der Waals surface area (Å²) in [5.41, 5.74) is 1.78. The monoisotopic (exact) mass is 250 g/mol. The van der Waals surface area contributed by atoms with Crippen LogP contribution in [0, 0.1) is 5.92 Å². The quantitative estimate of drug-likeness (QED) is 0.766. The second kappa shape index (κ2) is 4.57. The highest BCUT2D eigenvalue weighted by Crippen LogP contribution is 2.26. The smallest absolute Gasteiger partial charge is 0.298 e. The highest BCUT2D eigenvalue weighted by molar-refractivity contribution is 6.18. The van der Waals surface area contributed by atoms with Crippen LogP contribution in [0.15, 0.2) is 28.7 Å². The van der Waals surface area contributed by atoms with Crippen LogP contribution in [-0.4, -0.2) is 24.0 Å². The van der Waals surface area contributed by atoms with Gasteiger partial charge in [-0.05, 0) is 30.9 Å². The van der Waals surface area contributed by atoms with Crippen LogP contribution in [0.1, 0.15) is 12.8 Å². The largest absolute Gasteiger partial charge is 0.423 e. The van der Waals surface area contributed by atoms with E-state index in [2.05, 4.69) is 9.88 Å². The third kappa shape index (κ3) is 2.12. The minimum atomic E-state index is 0.556. The third-order valence-electron chi connectivity index (χ3n) is 3.29. The van der Waals surface area contributed by atoms with Gasteiger partial charge in [-0.25, -0.2) is 0 Å². The first-order valence-corrected chi connectivity index (χ1v) is 6.57. The van der Waals surface area contributed by atoms with Crippen LogP contribution in [0.3, 0.4) is 0 Å². The molecule has 1 atom stereocenters. The number of fused-ring (bicyclic) bond motifs is 1. The van der Waals surface area contributed by atoms with Crippen molar-refractivity contribution >= 4 is 28.7 Å². The minimum absolute atomic E-state index is 0.556. The number of anilines is 1. The average molecular weight is 251 g/mol. The van der Waals surface area contributed by atoms with Crippen molar-refractivity contribution in [1.29, 1.82) is 0 Å². The van der Waals surface area contributed by atoms with E-state index >= 15 is 0 Å². The summed E-state index contributed by atoms with van der Waals surface area (Å²) in [6, 6.07) is 8.61. The summed E-state index contributed by atoms with van der Waals surface area (Å²) in [4.78, 5) is 6.73. The Morgan fingerprint density at radius 1 is 1.41 bits per heavy atom. The van der Waals surface area contributed by atoms with E-state index in [1.165, 1.54) is 6.42 Å². The van der Waals surface area contributed by atoms with Gasteiger partial charge >= 0.3 is 0 Å². The molecular weight excluding hydrogens is 236 g/mol. The summed E-state index contributed by atoms with van der Waals surface area (Å²) >= 11 is 5.93. The normalized spacial score (nSPS) is 21.0. The molecule has 2 heterocycles. The fourth-order valence-electron chi connectivity index (χ4n) is 2.36. The number of aromatic nitrogens is 1. The number of benzene rings is 1. The van der Waals surface area contributed by atoms with Crippen molar-refractivity contribution in [2.24, 2.45) is 5.92 Å². The van der Waals surface area contributed by atoms with Crippen LogP contribution >= 0.6 is 11.6 Å². The maximum Gasteiger partial charge on any atom is 0.298 e. The summed E-state index contributed by atoms with van der Waals surface area (Å²) in [5, 5.41) is 0. The van der Waals surface area contributed by atoms with Gasteiger partial charge in [0, 0.05) is 19.0 Å². The van der Waals surface area contributed by atoms with Gasteiger partial charge in [-0.3, -0.25) is 0 Å².